The van der Waals surface area contributed by atoms with Crippen molar-refractivity contribution in [2.45, 2.75) is 81.3 Å². The van der Waals surface area contributed by atoms with Crippen LogP contribution in [0.1, 0.15) is 61.3 Å². The van der Waals surface area contributed by atoms with Crippen LogP contribution in [0, 0.1) is 23.3 Å². The summed E-state index contributed by atoms with van der Waals surface area (Å²) < 4.78 is 98.0. The third kappa shape index (κ3) is 9.53. The van der Waals surface area contributed by atoms with Gasteiger partial charge in [0, 0.05) is 37.5 Å². The lowest BCUT2D eigenvalue weighted by atomic mass is 9.81. The van der Waals surface area contributed by atoms with E-state index in [1.165, 1.54) is 28.6 Å². The molecule has 2 N–H and O–H groups in total. The number of ether oxygens (including phenoxy) is 2. The van der Waals surface area contributed by atoms with Gasteiger partial charge >= 0.3 is 6.09 Å². The molecule has 0 aromatic heterocycles. The van der Waals surface area contributed by atoms with Crippen molar-refractivity contribution in [2.24, 2.45) is 0 Å². The molecule has 0 spiro atoms. The zero-order valence-electron chi connectivity index (χ0n) is 28.7. The second kappa shape index (κ2) is 16.7. The molecule has 1 saturated heterocycles. The predicted molar refractivity (Wildman–Crippen MR) is 183 cm³/mol. The van der Waals surface area contributed by atoms with Gasteiger partial charge in [-0.15, -0.1) is 0 Å². The molecular weight excluding hydrogens is 690 g/mol. The fourth-order valence-electron chi connectivity index (χ4n) is 6.71. The maximum absolute atomic E-state index is 15.6. The highest BCUT2D eigenvalue weighted by Crippen LogP contribution is 2.36. The molecule has 3 aromatic rings. The fraction of sp³-hybridized carbons (Fsp3) is 0.459. The van der Waals surface area contributed by atoms with E-state index in [1.807, 2.05) is 13.8 Å². The molecule has 1 aliphatic carbocycles. The molecular formula is C37H43F4N3O6S. The lowest BCUT2D eigenvalue weighted by Crippen LogP contribution is -2.61. The number of hydrogen-bond donors (Lipinski definition) is 2. The highest BCUT2D eigenvalue weighted by molar-refractivity contribution is 7.90. The normalized spacial score (nSPS) is 19.5. The van der Waals surface area contributed by atoms with E-state index in [9.17, 15) is 31.2 Å². The van der Waals surface area contributed by atoms with E-state index in [2.05, 4.69) is 10.6 Å². The van der Waals surface area contributed by atoms with Gasteiger partial charge < -0.3 is 20.1 Å². The molecule has 0 bridgehead atoms. The molecule has 1 heterocycles. The van der Waals surface area contributed by atoms with E-state index in [0.29, 0.717) is 37.6 Å². The second-order valence-corrected chi connectivity index (χ2v) is 15.4. The summed E-state index contributed by atoms with van der Waals surface area (Å²) in [6.45, 7) is 4.71. The minimum atomic E-state index is -3.64. The Morgan fingerprint density at radius 1 is 0.922 bits per heavy atom. The number of Topliss-reactive ketones (excluding diaryl/α,β-unsaturated/α-hetero) is 1. The van der Waals surface area contributed by atoms with Gasteiger partial charge in [0.25, 0.3) is 0 Å². The van der Waals surface area contributed by atoms with Crippen LogP contribution >= 0.6 is 0 Å². The average molecular weight is 734 g/mol. The van der Waals surface area contributed by atoms with Crippen LogP contribution in [0.25, 0.3) is 0 Å². The number of amides is 1. The Hall–Kier alpha value is -3.85. The monoisotopic (exact) mass is 733 g/mol. The smallest absolute Gasteiger partial charge is 0.407 e. The number of carbonyl (C=O) groups excluding carboxylic acids is 2. The Balaban J connectivity index is 1.45. The molecule has 5 rings (SSSR count). The number of nitrogens with zero attached hydrogens (tertiary/aromatic N) is 1. The number of methoxy groups -OCH3 is 1. The second-order valence-electron chi connectivity index (χ2n) is 13.3. The van der Waals surface area contributed by atoms with Crippen LogP contribution in [0.3, 0.4) is 0 Å². The van der Waals surface area contributed by atoms with Gasteiger partial charge in [0.05, 0.1) is 31.1 Å². The number of piperazine rings is 1. The van der Waals surface area contributed by atoms with Gasteiger partial charge in [-0.2, -0.15) is 4.31 Å². The SMILES string of the molecule is COC(=O)N[C@H](C(=O)Cc1cccc(F)c1CC[C@H]1CNCC(COC(C)C)N1S(=O)(=O)C1CC1)[C@@H](c1ccc(F)cc1)c1cc(F)cc(F)c1. The van der Waals surface area contributed by atoms with E-state index in [0.717, 1.165) is 31.4 Å². The van der Waals surface area contributed by atoms with E-state index in [1.54, 1.807) is 6.07 Å². The maximum atomic E-state index is 15.6. The Morgan fingerprint density at radius 3 is 2.22 bits per heavy atom. The standard InChI is InChI=1S/C37H43F4N3O6S/c1-22(2)50-21-30-20-42-19-29(44(30)51(47,48)31-12-13-31)11-14-32-24(5-4-6-33(32)41)17-34(45)36(43-37(46)49-3)35(23-7-9-26(38)10-8-23)25-15-27(39)18-28(40)16-25/h4-10,15-16,18,22,29-31,35-36,42H,11-14,17,19-21H2,1-3H3,(H,43,46)/t29-,30?,35-,36+/m0/s1. The zero-order valence-corrected chi connectivity index (χ0v) is 29.5. The van der Waals surface area contributed by atoms with Gasteiger partial charge in [-0.25, -0.2) is 30.8 Å². The summed E-state index contributed by atoms with van der Waals surface area (Å²) in [5, 5.41) is 5.32. The molecule has 2 aliphatic rings. The average Bonchev–Trinajstić information content (AvgIpc) is 3.94. The molecule has 276 valence electrons. The Labute approximate surface area is 295 Å². The summed E-state index contributed by atoms with van der Waals surface area (Å²) in [7, 11) is -2.55. The van der Waals surface area contributed by atoms with E-state index in [4.69, 9.17) is 9.47 Å². The summed E-state index contributed by atoms with van der Waals surface area (Å²) in [6, 6.07) is 9.44. The van der Waals surface area contributed by atoms with Gasteiger partial charge in [-0.3, -0.25) is 4.79 Å². The van der Waals surface area contributed by atoms with Crippen LogP contribution < -0.4 is 10.6 Å². The van der Waals surface area contributed by atoms with Crippen molar-refractivity contribution in [2.75, 3.05) is 26.8 Å². The predicted octanol–water partition coefficient (Wildman–Crippen LogP) is 5.40. The first-order valence-corrected chi connectivity index (χ1v) is 18.5. The van der Waals surface area contributed by atoms with E-state index >= 15 is 4.39 Å². The van der Waals surface area contributed by atoms with Crippen LogP contribution in [-0.2, 0) is 37.1 Å². The number of alkyl carbamates (subject to hydrolysis) is 1. The van der Waals surface area contributed by atoms with Gasteiger partial charge in [0.1, 0.15) is 29.3 Å². The number of benzene rings is 3. The Morgan fingerprint density at radius 2 is 1.59 bits per heavy atom. The highest BCUT2D eigenvalue weighted by atomic mass is 32.2. The van der Waals surface area contributed by atoms with Crippen molar-refractivity contribution in [3.05, 3.63) is 106 Å². The third-order valence-electron chi connectivity index (χ3n) is 9.26. The van der Waals surface area contributed by atoms with Crippen molar-refractivity contribution in [3.63, 3.8) is 0 Å². The van der Waals surface area contributed by atoms with Crippen LogP contribution in [0.2, 0.25) is 0 Å². The summed E-state index contributed by atoms with van der Waals surface area (Å²) in [5.74, 6) is -4.89. The quantitative estimate of drug-likeness (QED) is 0.201. The molecule has 4 atom stereocenters. The third-order valence-corrected chi connectivity index (χ3v) is 11.8. The summed E-state index contributed by atoms with van der Waals surface area (Å²) >= 11 is 0. The fourth-order valence-corrected chi connectivity index (χ4v) is 8.93. The zero-order chi connectivity index (χ0) is 36.9. The number of nitrogens with one attached hydrogen (secondary N) is 2. The van der Waals surface area contributed by atoms with Crippen LogP contribution in [0.15, 0.2) is 60.7 Å². The molecule has 1 aliphatic heterocycles. The van der Waals surface area contributed by atoms with Gasteiger partial charge in [0.15, 0.2) is 5.78 Å². The number of halogens is 4. The van der Waals surface area contributed by atoms with Crippen molar-refractivity contribution < 1.29 is 45.0 Å². The molecule has 1 unspecified atom stereocenters. The molecule has 14 heteroatoms. The highest BCUT2D eigenvalue weighted by Gasteiger charge is 2.47. The number of hydrogen-bond acceptors (Lipinski definition) is 7. The van der Waals surface area contributed by atoms with Crippen molar-refractivity contribution >= 4 is 21.9 Å². The lowest BCUT2D eigenvalue weighted by Gasteiger charge is -2.42. The van der Waals surface area contributed by atoms with Gasteiger partial charge in [-0.1, -0.05) is 24.3 Å². The summed E-state index contributed by atoms with van der Waals surface area (Å²) in [4.78, 5) is 26.8. The molecule has 51 heavy (non-hydrogen) atoms. The van der Waals surface area contributed by atoms with Crippen LogP contribution in [0.5, 0.6) is 0 Å². The summed E-state index contributed by atoms with van der Waals surface area (Å²) in [6.07, 6.45) is -0.0269. The largest absolute Gasteiger partial charge is 0.453 e. The summed E-state index contributed by atoms with van der Waals surface area (Å²) in [5.41, 5.74) is 0.751. The number of sulfonamides is 1. The topological polar surface area (TPSA) is 114 Å². The van der Waals surface area contributed by atoms with E-state index in [-0.39, 0.29) is 42.2 Å². The first kappa shape index (κ1) is 38.4. The van der Waals surface area contributed by atoms with Gasteiger partial charge in [-0.05, 0) is 92.1 Å². The number of rotatable bonds is 15. The lowest BCUT2D eigenvalue weighted by molar-refractivity contribution is -0.120. The van der Waals surface area contributed by atoms with Crippen LogP contribution in [-0.4, -0.2) is 80.9 Å². The van der Waals surface area contributed by atoms with Gasteiger partial charge in [0.2, 0.25) is 10.0 Å². The minimum absolute atomic E-state index is 0.00825. The molecule has 9 nitrogen and oxygen atoms in total. The molecule has 2 fully saturated rings. The molecule has 1 amide bonds. The number of carbonyl (C=O) groups is 2. The molecule has 1 saturated carbocycles. The van der Waals surface area contributed by atoms with Crippen molar-refractivity contribution in [3.8, 4) is 0 Å². The van der Waals surface area contributed by atoms with Crippen molar-refractivity contribution in [1.82, 2.24) is 14.9 Å². The Bertz CT molecular complexity index is 1790. The minimum Gasteiger partial charge on any atom is -0.453 e. The first-order chi connectivity index (χ1) is 24.3. The molecule has 0 radical (unpaired) electrons. The van der Waals surface area contributed by atoms with Crippen molar-refractivity contribution in [1.29, 1.82) is 0 Å². The molecule has 3 aromatic carbocycles. The van der Waals surface area contributed by atoms with E-state index < -0.39 is 80.9 Å². The number of ketones is 1. The maximum Gasteiger partial charge on any atom is 0.407 e. The first-order valence-electron chi connectivity index (χ1n) is 17.0. The van der Waals surface area contributed by atoms with Crippen LogP contribution in [0.4, 0.5) is 22.4 Å². The Kier molecular flexibility index (Phi) is 12.5.